The molecule has 0 amide bonds. The van der Waals surface area contributed by atoms with Crippen molar-refractivity contribution < 1.29 is 14.3 Å². The molecule has 0 atom stereocenters. The van der Waals surface area contributed by atoms with Crippen LogP contribution in [0.2, 0.25) is 0 Å². The summed E-state index contributed by atoms with van der Waals surface area (Å²) in [5.74, 6) is -0.338. The Morgan fingerprint density at radius 1 is 1.24 bits per heavy atom. The Bertz CT molecular complexity index is 416. The second-order valence-electron chi connectivity index (χ2n) is 4.52. The molecule has 1 saturated carbocycles. The molecule has 0 aliphatic heterocycles. The van der Waals surface area contributed by atoms with Gasteiger partial charge in [-0.2, -0.15) is 0 Å². The molecule has 3 nitrogen and oxygen atoms in total. The number of ether oxygens (including phenoxy) is 1. The van der Waals surface area contributed by atoms with Crippen LogP contribution in [0.1, 0.15) is 35.2 Å². The predicted octanol–water partition coefficient (Wildman–Crippen LogP) is 2.52. The van der Waals surface area contributed by atoms with Gasteiger partial charge in [0.2, 0.25) is 0 Å². The lowest BCUT2D eigenvalue weighted by atomic mass is 9.86. The van der Waals surface area contributed by atoms with Gasteiger partial charge in [0.05, 0.1) is 5.92 Å². The molecule has 1 aromatic carbocycles. The van der Waals surface area contributed by atoms with E-state index in [4.69, 9.17) is 4.74 Å². The van der Waals surface area contributed by atoms with E-state index in [0.717, 1.165) is 24.8 Å². The first-order valence-electron chi connectivity index (χ1n) is 5.93. The molecule has 0 aromatic heterocycles. The Hall–Kier alpha value is -1.64. The minimum Gasteiger partial charge on any atom is -0.457 e. The van der Waals surface area contributed by atoms with Crippen LogP contribution in [-0.4, -0.2) is 18.4 Å². The maximum atomic E-state index is 11.7. The normalized spacial score (nSPS) is 15.1. The molecular formula is C14H16O3. The summed E-state index contributed by atoms with van der Waals surface area (Å²) in [5.41, 5.74) is 1.70. The Labute approximate surface area is 101 Å². The molecule has 1 aromatic rings. The Morgan fingerprint density at radius 2 is 1.88 bits per heavy atom. The number of aryl methyl sites for hydroxylation is 1. The van der Waals surface area contributed by atoms with Crippen LogP contribution < -0.4 is 0 Å². The van der Waals surface area contributed by atoms with Gasteiger partial charge in [-0.05, 0) is 19.8 Å². The number of benzene rings is 1. The van der Waals surface area contributed by atoms with Crippen LogP contribution in [0.4, 0.5) is 0 Å². The van der Waals surface area contributed by atoms with Crippen LogP contribution in [0.15, 0.2) is 24.3 Å². The van der Waals surface area contributed by atoms with Crippen molar-refractivity contribution in [2.45, 2.75) is 26.2 Å². The van der Waals surface area contributed by atoms with E-state index in [9.17, 15) is 9.59 Å². The van der Waals surface area contributed by atoms with Gasteiger partial charge >= 0.3 is 5.97 Å². The summed E-state index contributed by atoms with van der Waals surface area (Å²) in [6.07, 6.45) is 2.89. The van der Waals surface area contributed by atoms with Crippen molar-refractivity contribution in [1.29, 1.82) is 0 Å². The number of ketones is 1. The minimum atomic E-state index is -0.225. The highest BCUT2D eigenvalue weighted by Crippen LogP contribution is 2.27. The van der Waals surface area contributed by atoms with Crippen LogP contribution in [0.25, 0.3) is 0 Å². The predicted molar refractivity (Wildman–Crippen MR) is 63.8 cm³/mol. The zero-order chi connectivity index (χ0) is 12.3. The Morgan fingerprint density at radius 3 is 2.41 bits per heavy atom. The molecule has 0 bridgehead atoms. The second-order valence-corrected chi connectivity index (χ2v) is 4.52. The molecule has 1 aliphatic carbocycles. The largest absolute Gasteiger partial charge is 0.457 e. The zero-order valence-electron chi connectivity index (χ0n) is 9.94. The monoisotopic (exact) mass is 232 g/mol. The highest BCUT2D eigenvalue weighted by Gasteiger charge is 2.27. The fourth-order valence-corrected chi connectivity index (χ4v) is 1.72. The molecule has 3 heteroatoms. The lowest BCUT2D eigenvalue weighted by Gasteiger charge is -2.22. The summed E-state index contributed by atoms with van der Waals surface area (Å²) in [5, 5.41) is 0. The van der Waals surface area contributed by atoms with Gasteiger partial charge in [-0.3, -0.25) is 9.59 Å². The third-order valence-corrected chi connectivity index (χ3v) is 3.16. The van der Waals surface area contributed by atoms with Crippen LogP contribution in [0.5, 0.6) is 0 Å². The number of carbonyl (C=O) groups is 2. The zero-order valence-corrected chi connectivity index (χ0v) is 9.94. The van der Waals surface area contributed by atoms with Gasteiger partial charge in [0.1, 0.15) is 0 Å². The van der Waals surface area contributed by atoms with Gasteiger partial charge in [-0.25, -0.2) is 0 Å². The molecule has 0 heterocycles. The van der Waals surface area contributed by atoms with E-state index in [2.05, 4.69) is 0 Å². The Balaban J connectivity index is 1.84. The van der Waals surface area contributed by atoms with Crippen molar-refractivity contribution in [3.05, 3.63) is 35.4 Å². The summed E-state index contributed by atoms with van der Waals surface area (Å²) >= 11 is 0. The number of carbonyl (C=O) groups excluding carboxylic acids is 2. The molecule has 2 rings (SSSR count). The van der Waals surface area contributed by atoms with Gasteiger partial charge in [0, 0.05) is 5.56 Å². The molecule has 1 aliphatic rings. The maximum absolute atomic E-state index is 11.7. The summed E-state index contributed by atoms with van der Waals surface area (Å²) in [7, 11) is 0. The summed E-state index contributed by atoms with van der Waals surface area (Å²) in [6.45, 7) is 1.82. The van der Waals surface area contributed by atoms with Gasteiger partial charge in [0.25, 0.3) is 0 Å². The molecule has 0 N–H and O–H groups in total. The lowest BCUT2D eigenvalue weighted by molar-refractivity contribution is -0.150. The highest BCUT2D eigenvalue weighted by molar-refractivity contribution is 5.98. The van der Waals surface area contributed by atoms with E-state index in [0.29, 0.717) is 5.56 Å². The van der Waals surface area contributed by atoms with Crippen LogP contribution in [-0.2, 0) is 9.53 Å². The van der Waals surface area contributed by atoms with E-state index >= 15 is 0 Å². The average Bonchev–Trinajstić information content (AvgIpc) is 2.24. The molecule has 0 saturated heterocycles. The standard InChI is InChI=1S/C14H16O3/c1-10-5-7-11(8-6-10)13(15)9-17-14(16)12-3-2-4-12/h5-8,12H,2-4,9H2,1H3. The van der Waals surface area contributed by atoms with Gasteiger partial charge < -0.3 is 4.74 Å². The summed E-state index contributed by atoms with van der Waals surface area (Å²) in [4.78, 5) is 23.2. The van der Waals surface area contributed by atoms with E-state index < -0.39 is 0 Å². The molecule has 0 spiro atoms. The molecule has 0 unspecified atom stereocenters. The van der Waals surface area contributed by atoms with Crippen LogP contribution in [0, 0.1) is 12.8 Å². The number of Topliss-reactive ketones (excluding diaryl/α,β-unsaturated/α-hetero) is 1. The van der Waals surface area contributed by atoms with E-state index in [1.165, 1.54) is 0 Å². The van der Waals surface area contributed by atoms with Gasteiger partial charge in [0.15, 0.2) is 12.4 Å². The van der Waals surface area contributed by atoms with Crippen molar-refractivity contribution in [2.75, 3.05) is 6.61 Å². The first kappa shape index (κ1) is 11.8. The van der Waals surface area contributed by atoms with Gasteiger partial charge in [-0.1, -0.05) is 36.2 Å². The SMILES string of the molecule is Cc1ccc(C(=O)COC(=O)C2CCC2)cc1. The minimum absolute atomic E-state index is 0.0285. The average molecular weight is 232 g/mol. The first-order valence-corrected chi connectivity index (χ1v) is 5.93. The third-order valence-electron chi connectivity index (χ3n) is 3.16. The quantitative estimate of drug-likeness (QED) is 0.591. The van der Waals surface area contributed by atoms with Crippen LogP contribution >= 0.6 is 0 Å². The molecular weight excluding hydrogens is 216 g/mol. The van der Waals surface area contributed by atoms with Crippen LogP contribution in [0.3, 0.4) is 0 Å². The third kappa shape index (κ3) is 2.93. The highest BCUT2D eigenvalue weighted by atomic mass is 16.5. The second kappa shape index (κ2) is 5.13. The lowest BCUT2D eigenvalue weighted by Crippen LogP contribution is -2.26. The molecule has 17 heavy (non-hydrogen) atoms. The smallest absolute Gasteiger partial charge is 0.309 e. The van der Waals surface area contributed by atoms with Crippen molar-refractivity contribution in [3.8, 4) is 0 Å². The molecule has 1 fully saturated rings. The fourth-order valence-electron chi connectivity index (χ4n) is 1.72. The number of esters is 1. The van der Waals surface area contributed by atoms with Crippen molar-refractivity contribution in [2.24, 2.45) is 5.92 Å². The first-order chi connectivity index (χ1) is 8.16. The summed E-state index contributed by atoms with van der Waals surface area (Å²) in [6, 6.07) is 7.27. The summed E-state index contributed by atoms with van der Waals surface area (Å²) < 4.78 is 5.00. The Kier molecular flexibility index (Phi) is 3.57. The number of rotatable bonds is 4. The van der Waals surface area contributed by atoms with Crippen molar-refractivity contribution in [1.82, 2.24) is 0 Å². The van der Waals surface area contributed by atoms with E-state index in [1.807, 2.05) is 19.1 Å². The van der Waals surface area contributed by atoms with Crippen molar-refractivity contribution >= 4 is 11.8 Å². The van der Waals surface area contributed by atoms with Gasteiger partial charge in [-0.15, -0.1) is 0 Å². The molecule has 90 valence electrons. The number of hydrogen-bond acceptors (Lipinski definition) is 3. The van der Waals surface area contributed by atoms with E-state index in [1.54, 1.807) is 12.1 Å². The molecule has 0 radical (unpaired) electrons. The number of hydrogen-bond donors (Lipinski definition) is 0. The van der Waals surface area contributed by atoms with Crippen molar-refractivity contribution in [3.63, 3.8) is 0 Å². The maximum Gasteiger partial charge on any atom is 0.309 e. The van der Waals surface area contributed by atoms with E-state index in [-0.39, 0.29) is 24.3 Å². The fraction of sp³-hybridized carbons (Fsp3) is 0.429. The topological polar surface area (TPSA) is 43.4 Å².